The van der Waals surface area contributed by atoms with E-state index in [0.29, 0.717) is 21.8 Å². The van der Waals surface area contributed by atoms with Crippen LogP contribution in [0.25, 0.3) is 22.0 Å². The van der Waals surface area contributed by atoms with Gasteiger partial charge in [0.15, 0.2) is 11.6 Å². The third kappa shape index (κ3) is 4.54. The fourth-order valence-corrected chi connectivity index (χ4v) is 5.90. The van der Waals surface area contributed by atoms with Crippen LogP contribution >= 0.6 is 15.9 Å². The molecule has 194 valence electrons. The number of aryl methyl sites for hydroxylation is 2. The third-order valence-corrected chi connectivity index (χ3v) is 8.51. The molecular weight excluding hydrogens is 578 g/mol. The van der Waals surface area contributed by atoms with E-state index in [0.717, 1.165) is 27.2 Å². The van der Waals surface area contributed by atoms with E-state index >= 15 is 0 Å². The SMILES string of the molecule is Cc1ccc(S(=O)(=O)n2ccc3c(-c4cc(CBr)ccc4Oc4ccc(F)cc4F)cn(C)c(=O)c32)cc1. The van der Waals surface area contributed by atoms with Crippen LogP contribution in [0.4, 0.5) is 8.78 Å². The highest BCUT2D eigenvalue weighted by Gasteiger charge is 2.24. The predicted molar refractivity (Wildman–Crippen MR) is 145 cm³/mol. The van der Waals surface area contributed by atoms with Gasteiger partial charge in [0.1, 0.15) is 17.1 Å². The van der Waals surface area contributed by atoms with Crippen molar-refractivity contribution >= 4 is 36.9 Å². The smallest absolute Gasteiger partial charge is 0.275 e. The van der Waals surface area contributed by atoms with Crippen LogP contribution in [0.1, 0.15) is 11.1 Å². The molecule has 0 aliphatic heterocycles. The maximum Gasteiger partial charge on any atom is 0.275 e. The van der Waals surface area contributed by atoms with Gasteiger partial charge in [-0.2, -0.15) is 0 Å². The number of pyridine rings is 1. The number of hydrogen-bond acceptors (Lipinski definition) is 4. The Labute approximate surface area is 225 Å². The number of halogens is 3. The van der Waals surface area contributed by atoms with Gasteiger partial charge in [-0.15, -0.1) is 0 Å². The van der Waals surface area contributed by atoms with Crippen molar-refractivity contribution in [2.75, 3.05) is 0 Å². The summed E-state index contributed by atoms with van der Waals surface area (Å²) in [5.74, 6) is -1.55. The molecule has 2 aromatic heterocycles. The Morgan fingerprint density at radius 2 is 1.63 bits per heavy atom. The van der Waals surface area contributed by atoms with Gasteiger partial charge < -0.3 is 9.30 Å². The zero-order valence-electron chi connectivity index (χ0n) is 20.3. The second-order valence-corrected chi connectivity index (χ2v) is 11.2. The zero-order valence-corrected chi connectivity index (χ0v) is 22.7. The lowest BCUT2D eigenvalue weighted by molar-refractivity contribution is 0.439. The summed E-state index contributed by atoms with van der Waals surface area (Å²) in [6.45, 7) is 1.85. The molecule has 0 atom stereocenters. The van der Waals surface area contributed by atoms with Crippen molar-refractivity contribution in [1.82, 2.24) is 8.54 Å². The summed E-state index contributed by atoms with van der Waals surface area (Å²) in [4.78, 5) is 13.3. The number of aromatic nitrogens is 2. The molecule has 38 heavy (non-hydrogen) atoms. The van der Waals surface area contributed by atoms with Crippen molar-refractivity contribution in [2.24, 2.45) is 7.05 Å². The molecule has 0 aliphatic carbocycles. The van der Waals surface area contributed by atoms with Crippen LogP contribution in [0.3, 0.4) is 0 Å². The van der Waals surface area contributed by atoms with Gasteiger partial charge in [-0.1, -0.05) is 39.7 Å². The minimum absolute atomic E-state index is 0.0336. The Balaban J connectivity index is 1.74. The summed E-state index contributed by atoms with van der Waals surface area (Å²) in [5, 5.41) is 0.878. The molecule has 0 radical (unpaired) electrons. The van der Waals surface area contributed by atoms with Crippen LogP contribution in [0.15, 0.2) is 88.8 Å². The molecule has 0 saturated heterocycles. The molecule has 3 aromatic carbocycles. The Morgan fingerprint density at radius 3 is 2.32 bits per heavy atom. The van der Waals surface area contributed by atoms with E-state index in [1.807, 2.05) is 6.92 Å². The molecule has 5 rings (SSSR count). The fourth-order valence-electron chi connectivity index (χ4n) is 4.21. The number of fused-ring (bicyclic) bond motifs is 1. The van der Waals surface area contributed by atoms with Crippen molar-refractivity contribution in [3.05, 3.63) is 112 Å². The van der Waals surface area contributed by atoms with Crippen molar-refractivity contribution in [2.45, 2.75) is 17.1 Å². The number of rotatable bonds is 6. The molecule has 0 unspecified atom stereocenters. The second-order valence-electron chi connectivity index (χ2n) is 8.79. The minimum Gasteiger partial charge on any atom is -0.454 e. The highest BCUT2D eigenvalue weighted by Crippen LogP contribution is 2.39. The zero-order chi connectivity index (χ0) is 27.2. The minimum atomic E-state index is -4.08. The third-order valence-electron chi connectivity index (χ3n) is 6.17. The topological polar surface area (TPSA) is 70.3 Å². The fraction of sp³-hybridized carbons (Fsp3) is 0.107. The van der Waals surface area contributed by atoms with Gasteiger partial charge in [-0.25, -0.2) is 21.2 Å². The molecule has 0 N–H and O–H groups in total. The normalized spacial score (nSPS) is 11.7. The van der Waals surface area contributed by atoms with E-state index in [2.05, 4.69) is 15.9 Å². The Bertz CT molecular complexity index is 1860. The largest absolute Gasteiger partial charge is 0.454 e. The van der Waals surface area contributed by atoms with Gasteiger partial charge in [0, 0.05) is 47.4 Å². The summed E-state index contributed by atoms with van der Waals surface area (Å²) in [5.41, 5.74) is 2.22. The number of alkyl halides is 1. The van der Waals surface area contributed by atoms with Crippen LogP contribution in [0, 0.1) is 18.6 Å². The molecular formula is C28H21BrF2N2O4S. The molecule has 0 saturated carbocycles. The van der Waals surface area contributed by atoms with E-state index < -0.39 is 27.2 Å². The lowest BCUT2D eigenvalue weighted by Crippen LogP contribution is -2.22. The van der Waals surface area contributed by atoms with Crippen LogP contribution in [-0.4, -0.2) is 17.0 Å². The molecule has 0 amide bonds. The maximum absolute atomic E-state index is 14.4. The summed E-state index contributed by atoms with van der Waals surface area (Å²) < 4.78 is 63.0. The molecule has 5 aromatic rings. The Morgan fingerprint density at radius 1 is 0.921 bits per heavy atom. The van der Waals surface area contributed by atoms with Crippen LogP contribution in [0.5, 0.6) is 11.5 Å². The highest BCUT2D eigenvalue weighted by molar-refractivity contribution is 9.08. The summed E-state index contributed by atoms with van der Waals surface area (Å²) in [6.07, 6.45) is 2.92. The van der Waals surface area contributed by atoms with Gasteiger partial charge in [0.05, 0.1) is 4.90 Å². The average Bonchev–Trinajstić information content (AvgIpc) is 3.35. The lowest BCUT2D eigenvalue weighted by Gasteiger charge is -2.15. The quantitative estimate of drug-likeness (QED) is 0.209. The second kappa shape index (κ2) is 9.85. The highest BCUT2D eigenvalue weighted by atomic mass is 79.9. The average molecular weight is 599 g/mol. The summed E-state index contributed by atoms with van der Waals surface area (Å²) in [6, 6.07) is 16.1. The first-order valence-electron chi connectivity index (χ1n) is 11.5. The van der Waals surface area contributed by atoms with Crippen LogP contribution in [-0.2, 0) is 22.4 Å². The molecule has 0 bridgehead atoms. The standard InChI is InChI=1S/C28H21BrF2N2O4S/c1-17-3-7-20(8-4-17)38(35,36)33-12-11-21-23(16-32(2)28(34)27(21)33)22-13-18(15-29)5-9-25(22)37-26-10-6-19(30)14-24(26)31/h3-14,16H,15H2,1-2H3. The van der Waals surface area contributed by atoms with E-state index in [1.165, 1.54) is 36.0 Å². The van der Waals surface area contributed by atoms with Gasteiger partial charge in [-0.05, 0) is 55.0 Å². The van der Waals surface area contributed by atoms with Crippen molar-refractivity contribution in [1.29, 1.82) is 0 Å². The Hall–Kier alpha value is -3.76. The van der Waals surface area contributed by atoms with Gasteiger partial charge in [0.2, 0.25) is 0 Å². The first-order valence-corrected chi connectivity index (χ1v) is 14.0. The lowest BCUT2D eigenvalue weighted by atomic mass is 10.0. The van der Waals surface area contributed by atoms with Gasteiger partial charge in [0.25, 0.3) is 15.6 Å². The first-order chi connectivity index (χ1) is 18.1. The van der Waals surface area contributed by atoms with E-state index in [9.17, 15) is 22.0 Å². The van der Waals surface area contributed by atoms with E-state index in [4.69, 9.17) is 4.74 Å². The summed E-state index contributed by atoms with van der Waals surface area (Å²) >= 11 is 3.43. The van der Waals surface area contributed by atoms with Crippen molar-refractivity contribution in [3.63, 3.8) is 0 Å². The van der Waals surface area contributed by atoms with Gasteiger partial charge >= 0.3 is 0 Å². The molecule has 0 spiro atoms. The van der Waals surface area contributed by atoms with E-state index in [1.54, 1.807) is 42.6 Å². The Kier molecular flexibility index (Phi) is 6.70. The van der Waals surface area contributed by atoms with Crippen LogP contribution < -0.4 is 10.3 Å². The predicted octanol–water partition coefficient (Wildman–Crippen LogP) is 6.52. The molecule has 0 aliphatic rings. The molecule has 0 fully saturated rings. The number of nitrogens with zero attached hydrogens (tertiary/aromatic N) is 2. The van der Waals surface area contributed by atoms with Crippen molar-refractivity contribution in [3.8, 4) is 22.6 Å². The molecule has 2 heterocycles. The van der Waals surface area contributed by atoms with Gasteiger partial charge in [-0.3, -0.25) is 4.79 Å². The molecule has 6 nitrogen and oxygen atoms in total. The van der Waals surface area contributed by atoms with E-state index in [-0.39, 0.29) is 21.9 Å². The molecule has 10 heteroatoms. The number of hydrogen-bond donors (Lipinski definition) is 0. The number of ether oxygens (including phenoxy) is 1. The van der Waals surface area contributed by atoms with Crippen LogP contribution in [0.2, 0.25) is 0 Å². The maximum atomic E-state index is 14.4. The first kappa shape index (κ1) is 25.9. The monoisotopic (exact) mass is 598 g/mol. The summed E-state index contributed by atoms with van der Waals surface area (Å²) in [7, 11) is -2.56. The number of benzene rings is 3. The van der Waals surface area contributed by atoms with Crippen molar-refractivity contribution < 1.29 is 21.9 Å².